The van der Waals surface area contributed by atoms with E-state index in [2.05, 4.69) is 27.0 Å². The van der Waals surface area contributed by atoms with Crippen LogP contribution in [0, 0.1) is 0 Å². The summed E-state index contributed by atoms with van der Waals surface area (Å²) in [6.45, 7) is 3.17. The molecule has 112 valence electrons. The van der Waals surface area contributed by atoms with Crippen molar-refractivity contribution < 1.29 is 4.74 Å². The lowest BCUT2D eigenvalue weighted by Crippen LogP contribution is -2.14. The summed E-state index contributed by atoms with van der Waals surface area (Å²) >= 11 is 0. The van der Waals surface area contributed by atoms with Crippen LogP contribution in [-0.2, 0) is 13.0 Å². The predicted molar refractivity (Wildman–Crippen MR) is 82.6 cm³/mol. The Labute approximate surface area is 125 Å². The number of anilines is 1. The van der Waals surface area contributed by atoms with Gasteiger partial charge in [-0.1, -0.05) is 6.42 Å². The first kappa shape index (κ1) is 13.9. The highest BCUT2D eigenvalue weighted by Crippen LogP contribution is 2.23. The van der Waals surface area contributed by atoms with E-state index in [0.29, 0.717) is 0 Å². The molecule has 0 amide bonds. The molecule has 1 aromatic heterocycles. The molecule has 1 aliphatic heterocycles. The number of nitrogens with one attached hydrogen (secondary N) is 1. The average Bonchev–Trinajstić information content (AvgIpc) is 2.77. The van der Waals surface area contributed by atoms with Crippen LogP contribution in [0.1, 0.15) is 43.9 Å². The molecule has 21 heavy (non-hydrogen) atoms. The van der Waals surface area contributed by atoms with E-state index in [1.54, 1.807) is 7.11 Å². The van der Waals surface area contributed by atoms with E-state index in [0.717, 1.165) is 36.1 Å². The monoisotopic (exact) mass is 286 g/mol. The molecule has 3 rings (SSSR count). The fourth-order valence-electron chi connectivity index (χ4n) is 2.83. The van der Waals surface area contributed by atoms with Crippen molar-refractivity contribution >= 4 is 5.69 Å². The molecule has 0 saturated carbocycles. The molecule has 0 spiro atoms. The highest BCUT2D eigenvalue weighted by atomic mass is 16.5. The Balaban J connectivity index is 1.75. The third kappa shape index (κ3) is 3.01. The van der Waals surface area contributed by atoms with Crippen LogP contribution in [0.2, 0.25) is 0 Å². The van der Waals surface area contributed by atoms with E-state index in [4.69, 9.17) is 4.74 Å². The van der Waals surface area contributed by atoms with Crippen LogP contribution in [0.25, 0.3) is 0 Å². The molecule has 1 aromatic carbocycles. The van der Waals surface area contributed by atoms with Crippen molar-refractivity contribution in [3.05, 3.63) is 35.9 Å². The Bertz CT molecular complexity index is 591. The van der Waals surface area contributed by atoms with Crippen LogP contribution in [0.3, 0.4) is 0 Å². The maximum absolute atomic E-state index is 5.18. The molecular weight excluding hydrogens is 264 g/mol. The standard InChI is InChI=1S/C16H22N4O/c1-12(17-13-7-9-14(21-2)10-8-13)16-19-18-15-6-4-3-5-11-20(15)16/h7-10,12,17H,3-6,11H2,1-2H3. The van der Waals surface area contributed by atoms with Gasteiger partial charge >= 0.3 is 0 Å². The van der Waals surface area contributed by atoms with Gasteiger partial charge in [-0.05, 0) is 44.0 Å². The molecule has 1 atom stereocenters. The first-order chi connectivity index (χ1) is 10.3. The molecule has 1 unspecified atom stereocenters. The molecule has 2 heterocycles. The number of hydrogen-bond acceptors (Lipinski definition) is 4. The van der Waals surface area contributed by atoms with Crippen molar-refractivity contribution in [2.24, 2.45) is 0 Å². The minimum absolute atomic E-state index is 0.137. The van der Waals surface area contributed by atoms with Gasteiger partial charge in [-0.15, -0.1) is 10.2 Å². The maximum Gasteiger partial charge on any atom is 0.155 e. The van der Waals surface area contributed by atoms with Crippen molar-refractivity contribution in [2.75, 3.05) is 12.4 Å². The van der Waals surface area contributed by atoms with Crippen molar-refractivity contribution in [1.82, 2.24) is 14.8 Å². The van der Waals surface area contributed by atoms with Gasteiger partial charge in [0.05, 0.1) is 13.2 Å². The molecule has 0 radical (unpaired) electrons. The fourth-order valence-corrected chi connectivity index (χ4v) is 2.83. The number of aryl methyl sites for hydroxylation is 1. The van der Waals surface area contributed by atoms with E-state index in [-0.39, 0.29) is 6.04 Å². The number of aromatic nitrogens is 3. The van der Waals surface area contributed by atoms with Crippen molar-refractivity contribution in [3.63, 3.8) is 0 Å². The van der Waals surface area contributed by atoms with Gasteiger partial charge in [0.15, 0.2) is 5.82 Å². The Kier molecular flexibility index (Phi) is 4.08. The number of fused-ring (bicyclic) bond motifs is 1. The Morgan fingerprint density at radius 1 is 1.14 bits per heavy atom. The second-order valence-corrected chi connectivity index (χ2v) is 5.53. The topological polar surface area (TPSA) is 52.0 Å². The Morgan fingerprint density at radius 3 is 2.71 bits per heavy atom. The van der Waals surface area contributed by atoms with Crippen molar-refractivity contribution in [2.45, 2.75) is 45.2 Å². The molecule has 2 aromatic rings. The van der Waals surface area contributed by atoms with Crippen LogP contribution < -0.4 is 10.1 Å². The summed E-state index contributed by atoms with van der Waals surface area (Å²) in [5.41, 5.74) is 1.06. The van der Waals surface area contributed by atoms with Gasteiger partial charge in [0, 0.05) is 18.7 Å². The zero-order valence-electron chi connectivity index (χ0n) is 12.7. The van der Waals surface area contributed by atoms with Crippen LogP contribution in [0.4, 0.5) is 5.69 Å². The molecule has 1 aliphatic rings. The van der Waals surface area contributed by atoms with Gasteiger partial charge in [-0.25, -0.2) is 0 Å². The highest BCUT2D eigenvalue weighted by Gasteiger charge is 2.19. The number of rotatable bonds is 4. The second kappa shape index (κ2) is 6.16. The summed E-state index contributed by atoms with van der Waals surface area (Å²) in [4.78, 5) is 0. The quantitative estimate of drug-likeness (QED) is 0.938. The highest BCUT2D eigenvalue weighted by molar-refractivity contribution is 5.47. The van der Waals surface area contributed by atoms with Crippen molar-refractivity contribution in [1.29, 1.82) is 0 Å². The molecule has 0 saturated heterocycles. The van der Waals surface area contributed by atoms with Gasteiger partial charge in [-0.2, -0.15) is 0 Å². The van der Waals surface area contributed by atoms with E-state index in [9.17, 15) is 0 Å². The SMILES string of the molecule is COc1ccc(NC(C)c2nnc3n2CCCCC3)cc1. The van der Waals surface area contributed by atoms with Gasteiger partial charge in [0.2, 0.25) is 0 Å². The van der Waals surface area contributed by atoms with Gasteiger partial charge in [0.1, 0.15) is 11.6 Å². The zero-order chi connectivity index (χ0) is 14.7. The molecule has 1 N–H and O–H groups in total. The van der Waals surface area contributed by atoms with E-state index < -0.39 is 0 Å². The lowest BCUT2D eigenvalue weighted by Gasteiger charge is -2.16. The first-order valence-electron chi connectivity index (χ1n) is 7.60. The van der Waals surface area contributed by atoms with Gasteiger partial charge < -0.3 is 14.6 Å². The molecule has 0 fully saturated rings. The number of hydrogen-bond donors (Lipinski definition) is 1. The van der Waals surface area contributed by atoms with Gasteiger partial charge in [-0.3, -0.25) is 0 Å². The van der Waals surface area contributed by atoms with Gasteiger partial charge in [0.25, 0.3) is 0 Å². The largest absolute Gasteiger partial charge is 0.497 e. The third-order valence-electron chi connectivity index (χ3n) is 4.00. The number of nitrogens with zero attached hydrogens (tertiary/aromatic N) is 3. The summed E-state index contributed by atoms with van der Waals surface area (Å²) in [5.74, 6) is 3.03. The van der Waals surface area contributed by atoms with Crippen LogP contribution in [0.15, 0.2) is 24.3 Å². The second-order valence-electron chi connectivity index (χ2n) is 5.53. The maximum atomic E-state index is 5.18. The van der Waals surface area contributed by atoms with Crippen LogP contribution in [-0.4, -0.2) is 21.9 Å². The summed E-state index contributed by atoms with van der Waals surface area (Å²) < 4.78 is 7.47. The van der Waals surface area contributed by atoms with E-state index >= 15 is 0 Å². The Morgan fingerprint density at radius 2 is 1.95 bits per heavy atom. The van der Waals surface area contributed by atoms with E-state index in [1.165, 1.54) is 19.3 Å². The predicted octanol–water partition coefficient (Wildman–Crippen LogP) is 3.19. The third-order valence-corrected chi connectivity index (χ3v) is 4.00. The van der Waals surface area contributed by atoms with E-state index in [1.807, 2.05) is 24.3 Å². The average molecular weight is 286 g/mol. The normalized spacial score (nSPS) is 15.9. The lowest BCUT2D eigenvalue weighted by molar-refractivity contribution is 0.415. The molecule has 5 nitrogen and oxygen atoms in total. The smallest absolute Gasteiger partial charge is 0.155 e. The molecule has 0 bridgehead atoms. The summed E-state index contributed by atoms with van der Waals surface area (Å²) in [5, 5.41) is 12.2. The van der Waals surface area contributed by atoms with Crippen LogP contribution >= 0.6 is 0 Å². The van der Waals surface area contributed by atoms with Crippen molar-refractivity contribution in [3.8, 4) is 5.75 Å². The first-order valence-corrected chi connectivity index (χ1v) is 7.60. The number of methoxy groups -OCH3 is 1. The summed E-state index contributed by atoms with van der Waals surface area (Å²) in [6, 6.07) is 8.10. The molecule has 5 heteroatoms. The minimum atomic E-state index is 0.137. The number of ether oxygens (including phenoxy) is 1. The lowest BCUT2D eigenvalue weighted by atomic mass is 10.2. The number of benzene rings is 1. The zero-order valence-corrected chi connectivity index (χ0v) is 12.7. The summed E-state index contributed by atoms with van der Waals surface area (Å²) in [7, 11) is 1.68. The minimum Gasteiger partial charge on any atom is -0.497 e. The van der Waals surface area contributed by atoms with Crippen LogP contribution in [0.5, 0.6) is 5.75 Å². The molecule has 0 aliphatic carbocycles. The fraction of sp³-hybridized carbons (Fsp3) is 0.500. The molecular formula is C16H22N4O. The Hall–Kier alpha value is -2.04. The summed E-state index contributed by atoms with van der Waals surface area (Å²) in [6.07, 6.45) is 4.76.